The first kappa shape index (κ1) is 27.5. The maximum absolute atomic E-state index is 13.4. The van der Waals surface area contributed by atoms with E-state index in [1.165, 1.54) is 36.3 Å². The highest BCUT2D eigenvalue weighted by atomic mass is 16.5. The number of rotatable bonds is 13. The van der Waals surface area contributed by atoms with Crippen molar-refractivity contribution in [1.29, 1.82) is 0 Å². The number of esters is 1. The molecule has 0 unspecified atom stereocenters. The Labute approximate surface area is 204 Å². The van der Waals surface area contributed by atoms with Crippen molar-refractivity contribution >= 4 is 23.7 Å². The van der Waals surface area contributed by atoms with Crippen molar-refractivity contribution in [3.63, 3.8) is 0 Å². The summed E-state index contributed by atoms with van der Waals surface area (Å²) in [5, 5.41) is 12.3. The number of hydrogen-bond donors (Lipinski definition) is 2. The predicted molar refractivity (Wildman–Crippen MR) is 130 cm³/mol. The van der Waals surface area contributed by atoms with Gasteiger partial charge in [0.2, 0.25) is 0 Å². The number of amides is 2. The van der Waals surface area contributed by atoms with Gasteiger partial charge in [0.1, 0.15) is 13.2 Å². The molecule has 1 aromatic rings. The lowest BCUT2D eigenvalue weighted by Gasteiger charge is -2.24. The number of anilines is 1. The zero-order valence-corrected chi connectivity index (χ0v) is 19.9. The number of carbonyl (C=O) groups is 3. The number of nitrogens with one attached hydrogen (secondary N) is 1. The third-order valence-corrected chi connectivity index (χ3v) is 5.08. The number of benzene rings is 1. The van der Waals surface area contributed by atoms with Gasteiger partial charge in [0, 0.05) is 19.0 Å². The number of aliphatic hydroxyl groups is 1. The van der Waals surface area contributed by atoms with Crippen LogP contribution in [0.25, 0.3) is 0 Å². The Morgan fingerprint density at radius 3 is 2.54 bits per heavy atom. The molecule has 1 aliphatic heterocycles. The van der Waals surface area contributed by atoms with Crippen LogP contribution in [-0.4, -0.2) is 74.1 Å². The minimum atomic E-state index is -0.787. The predicted octanol–water partition coefficient (Wildman–Crippen LogP) is 3.08. The molecule has 1 fully saturated rings. The molecule has 10 heteroatoms. The zero-order chi connectivity index (χ0) is 25.8. The van der Waals surface area contributed by atoms with Gasteiger partial charge in [-0.15, -0.1) is 0 Å². The fourth-order valence-electron chi connectivity index (χ4n) is 3.45. The lowest BCUT2D eigenvalue weighted by Crippen LogP contribution is -2.38. The van der Waals surface area contributed by atoms with Gasteiger partial charge in [-0.2, -0.15) is 0 Å². The summed E-state index contributed by atoms with van der Waals surface area (Å²) in [5.74, 6) is -0.283. The Balaban J connectivity index is 2.27. The zero-order valence-electron chi connectivity index (χ0n) is 19.9. The molecule has 0 saturated carbocycles. The van der Waals surface area contributed by atoms with Crippen LogP contribution in [0.5, 0.6) is 11.5 Å². The largest absolute Gasteiger partial charge is 0.493 e. The lowest BCUT2D eigenvalue weighted by atomic mass is 10.1. The van der Waals surface area contributed by atoms with Crippen molar-refractivity contribution < 1.29 is 38.4 Å². The molecule has 35 heavy (non-hydrogen) atoms. The number of nitrogens with zero attached hydrogens (tertiary/aromatic N) is 1. The molecule has 2 amide bonds. The Morgan fingerprint density at radius 1 is 1.17 bits per heavy atom. The monoisotopic (exact) mass is 488 g/mol. The van der Waals surface area contributed by atoms with Crippen molar-refractivity contribution in [2.45, 2.75) is 25.3 Å². The Hall–Kier alpha value is -3.79. The second-order valence-corrected chi connectivity index (χ2v) is 7.71. The van der Waals surface area contributed by atoms with E-state index < -0.39 is 18.0 Å². The van der Waals surface area contributed by atoms with Gasteiger partial charge in [0.25, 0.3) is 5.91 Å². The number of hydrogen-bond acceptors (Lipinski definition) is 8. The first-order valence-corrected chi connectivity index (χ1v) is 11.1. The van der Waals surface area contributed by atoms with E-state index >= 15 is 0 Å². The Kier molecular flexibility index (Phi) is 10.8. The standard InChI is InChI=1S/C25H32N2O8/c1-5-9-34-23(29)8-7-11-33-22-14-20(26-25(31)35-10-6-2)19(13-21(22)32-4)24(30)27-15-17(3)12-18(27)16-28/h5-6,13-14,18,28H,1-3,7-12,15-16H2,4H3,(H,26,31)/t18-/m0/s1. The Bertz CT molecular complexity index is 959. The van der Waals surface area contributed by atoms with Crippen molar-refractivity contribution in [1.82, 2.24) is 4.90 Å². The molecule has 1 aliphatic rings. The summed E-state index contributed by atoms with van der Waals surface area (Å²) >= 11 is 0. The molecule has 2 N–H and O–H groups in total. The normalized spacial score (nSPS) is 14.7. The highest BCUT2D eigenvalue weighted by molar-refractivity contribution is 6.04. The second-order valence-electron chi connectivity index (χ2n) is 7.71. The number of ether oxygens (including phenoxy) is 4. The number of carbonyl (C=O) groups excluding carboxylic acids is 3. The minimum Gasteiger partial charge on any atom is -0.493 e. The fourth-order valence-corrected chi connectivity index (χ4v) is 3.45. The summed E-state index contributed by atoms with van der Waals surface area (Å²) in [6.07, 6.45) is 3.11. The smallest absolute Gasteiger partial charge is 0.411 e. The Morgan fingerprint density at radius 2 is 1.89 bits per heavy atom. The van der Waals surface area contributed by atoms with E-state index in [-0.39, 0.29) is 68.1 Å². The van der Waals surface area contributed by atoms with Crippen LogP contribution < -0.4 is 14.8 Å². The van der Waals surface area contributed by atoms with Crippen molar-refractivity contribution in [2.75, 3.05) is 45.4 Å². The van der Waals surface area contributed by atoms with Crippen LogP contribution in [0.1, 0.15) is 29.6 Å². The molecular formula is C25H32N2O8. The quantitative estimate of drug-likeness (QED) is 0.247. The molecule has 0 radical (unpaired) electrons. The average Bonchev–Trinajstić information content (AvgIpc) is 3.24. The van der Waals surface area contributed by atoms with Crippen LogP contribution in [0.2, 0.25) is 0 Å². The van der Waals surface area contributed by atoms with Gasteiger partial charge in [0.15, 0.2) is 11.5 Å². The van der Waals surface area contributed by atoms with Crippen molar-refractivity contribution in [3.8, 4) is 11.5 Å². The molecule has 1 saturated heterocycles. The van der Waals surface area contributed by atoms with E-state index in [0.29, 0.717) is 12.8 Å². The first-order valence-electron chi connectivity index (χ1n) is 11.1. The van der Waals surface area contributed by atoms with Crippen LogP contribution in [0.4, 0.5) is 10.5 Å². The van der Waals surface area contributed by atoms with E-state index in [4.69, 9.17) is 18.9 Å². The molecule has 0 spiro atoms. The molecule has 0 aliphatic carbocycles. The number of aliphatic hydroxyl groups excluding tert-OH is 1. The highest BCUT2D eigenvalue weighted by Gasteiger charge is 2.33. The molecule has 0 aromatic heterocycles. The van der Waals surface area contributed by atoms with E-state index in [0.717, 1.165) is 5.57 Å². The highest BCUT2D eigenvalue weighted by Crippen LogP contribution is 2.36. The fraction of sp³-hybridized carbons (Fsp3) is 0.400. The molecule has 1 heterocycles. The second kappa shape index (κ2) is 13.8. The van der Waals surface area contributed by atoms with Crippen LogP contribution in [0.15, 0.2) is 49.6 Å². The maximum Gasteiger partial charge on any atom is 0.411 e. The summed E-state index contributed by atoms with van der Waals surface area (Å²) in [6.45, 7) is 11.2. The molecule has 10 nitrogen and oxygen atoms in total. The summed E-state index contributed by atoms with van der Waals surface area (Å²) in [4.78, 5) is 38.8. The van der Waals surface area contributed by atoms with Crippen LogP contribution in [0.3, 0.4) is 0 Å². The van der Waals surface area contributed by atoms with Gasteiger partial charge in [-0.1, -0.05) is 37.5 Å². The molecule has 2 rings (SSSR count). The van der Waals surface area contributed by atoms with Crippen molar-refractivity contribution in [2.24, 2.45) is 0 Å². The molecule has 1 aromatic carbocycles. The van der Waals surface area contributed by atoms with Gasteiger partial charge in [-0.3, -0.25) is 14.9 Å². The molecule has 190 valence electrons. The number of likely N-dealkylation sites (tertiary alicyclic amines) is 1. The van der Waals surface area contributed by atoms with E-state index in [2.05, 4.69) is 25.1 Å². The van der Waals surface area contributed by atoms with Gasteiger partial charge in [-0.25, -0.2) is 4.79 Å². The third kappa shape index (κ3) is 7.89. The van der Waals surface area contributed by atoms with Crippen molar-refractivity contribution in [3.05, 3.63) is 55.2 Å². The summed E-state index contributed by atoms with van der Waals surface area (Å²) in [7, 11) is 1.42. The van der Waals surface area contributed by atoms with E-state index in [1.807, 2.05) is 0 Å². The summed E-state index contributed by atoms with van der Waals surface area (Å²) < 4.78 is 21.1. The maximum atomic E-state index is 13.4. The van der Waals surface area contributed by atoms with Gasteiger partial charge < -0.3 is 29.0 Å². The SMILES string of the molecule is C=CCOC(=O)CCCOc1cc(NC(=O)OCC=C)c(C(=O)N2CC(=C)C[C@H]2CO)cc1OC. The molecule has 1 atom stereocenters. The first-order chi connectivity index (χ1) is 16.8. The minimum absolute atomic E-state index is 0.0187. The summed E-state index contributed by atoms with van der Waals surface area (Å²) in [6, 6.07) is 2.49. The lowest BCUT2D eigenvalue weighted by molar-refractivity contribution is -0.142. The van der Waals surface area contributed by atoms with Crippen LogP contribution >= 0.6 is 0 Å². The van der Waals surface area contributed by atoms with Crippen LogP contribution in [-0.2, 0) is 14.3 Å². The van der Waals surface area contributed by atoms with Gasteiger partial charge in [-0.05, 0) is 18.9 Å². The average molecular weight is 489 g/mol. The topological polar surface area (TPSA) is 124 Å². The third-order valence-electron chi connectivity index (χ3n) is 5.08. The van der Waals surface area contributed by atoms with Gasteiger partial charge >= 0.3 is 12.1 Å². The van der Waals surface area contributed by atoms with E-state index in [1.54, 1.807) is 0 Å². The van der Waals surface area contributed by atoms with Crippen LogP contribution in [0, 0.1) is 0 Å². The van der Waals surface area contributed by atoms with E-state index in [9.17, 15) is 19.5 Å². The number of methoxy groups -OCH3 is 1. The molecular weight excluding hydrogens is 456 g/mol. The molecule has 0 bridgehead atoms. The summed E-state index contributed by atoms with van der Waals surface area (Å²) in [5.41, 5.74) is 1.08. The van der Waals surface area contributed by atoms with Gasteiger partial charge in [0.05, 0.1) is 37.6 Å².